The van der Waals surface area contributed by atoms with E-state index in [-0.39, 0.29) is 0 Å². The summed E-state index contributed by atoms with van der Waals surface area (Å²) in [5.74, 6) is 0. The molecular weight excluding hydrogens is 254 g/mol. The van der Waals surface area contributed by atoms with Crippen molar-refractivity contribution in [3.63, 3.8) is 0 Å². The third-order valence-corrected chi connectivity index (χ3v) is 3.99. The maximum Gasteiger partial charge on any atom is -0.00860 e. The van der Waals surface area contributed by atoms with Gasteiger partial charge in [-0.25, -0.2) is 0 Å². The fraction of sp³-hybridized carbons (Fsp3) is 0.500. The quantitative estimate of drug-likeness (QED) is 0.518. The molecule has 0 N–H and O–H groups in total. The molecule has 2 heteroatoms. The summed E-state index contributed by atoms with van der Waals surface area (Å²) < 4.78 is 0. The van der Waals surface area contributed by atoms with Crippen LogP contribution in [0.1, 0.15) is 54.4 Å². The van der Waals surface area contributed by atoms with Crippen molar-refractivity contribution in [1.82, 2.24) is 0 Å². The van der Waals surface area contributed by atoms with Gasteiger partial charge in [0.25, 0.3) is 0 Å². The standard InChI is InChI=1S/C12H16P2.2C2H6/c1-7-3-5-9(13)11(7)12-8(2)4-6-10(12)14;2*1-2/h3-4H,5-6,13-14H2,1-2H3;2*1-2H3. The Kier molecular flexibility index (Phi) is 8.75. The van der Waals surface area contributed by atoms with Crippen LogP contribution in [0.2, 0.25) is 0 Å². The van der Waals surface area contributed by atoms with Crippen LogP contribution in [0.3, 0.4) is 0 Å². The van der Waals surface area contributed by atoms with Crippen molar-refractivity contribution in [1.29, 1.82) is 0 Å². The topological polar surface area (TPSA) is 0 Å². The maximum absolute atomic E-state index is 2.88. The average molecular weight is 282 g/mol. The smallest absolute Gasteiger partial charge is 0.00860 e. The third kappa shape index (κ3) is 3.91. The second-order valence-corrected chi connectivity index (χ2v) is 5.38. The molecule has 0 spiro atoms. The zero-order valence-electron chi connectivity index (χ0n) is 12.7. The van der Waals surface area contributed by atoms with Crippen molar-refractivity contribution in [3.8, 4) is 0 Å². The summed E-state index contributed by atoms with van der Waals surface area (Å²) in [4.78, 5) is 0. The number of rotatable bonds is 1. The Labute approximate surface area is 118 Å². The molecule has 0 aromatic carbocycles. The molecule has 102 valence electrons. The average Bonchev–Trinajstić information content (AvgIpc) is 2.89. The van der Waals surface area contributed by atoms with Gasteiger partial charge in [-0.15, -0.1) is 18.5 Å². The molecule has 0 nitrogen and oxygen atoms in total. The zero-order valence-corrected chi connectivity index (χ0v) is 15.0. The van der Waals surface area contributed by atoms with Crippen LogP contribution in [0.4, 0.5) is 0 Å². The lowest BCUT2D eigenvalue weighted by molar-refractivity contribution is 1.33. The number of hydrogen-bond donors (Lipinski definition) is 0. The first-order valence-electron chi connectivity index (χ1n) is 6.93. The largest absolute Gasteiger partial charge is 0.109 e. The fourth-order valence-electron chi connectivity index (χ4n) is 2.16. The van der Waals surface area contributed by atoms with Crippen LogP contribution in [0, 0.1) is 0 Å². The molecule has 0 amide bonds. The van der Waals surface area contributed by atoms with Crippen LogP contribution in [-0.2, 0) is 0 Å². The van der Waals surface area contributed by atoms with E-state index in [4.69, 9.17) is 0 Å². The monoisotopic (exact) mass is 282 g/mol. The van der Waals surface area contributed by atoms with E-state index in [1.165, 1.54) is 32.9 Å². The first kappa shape index (κ1) is 17.8. The minimum atomic E-state index is 1.10. The van der Waals surface area contributed by atoms with Crippen molar-refractivity contribution in [2.24, 2.45) is 0 Å². The molecule has 2 aliphatic carbocycles. The minimum absolute atomic E-state index is 1.10. The lowest BCUT2D eigenvalue weighted by Gasteiger charge is -2.11. The van der Waals surface area contributed by atoms with E-state index in [1.54, 1.807) is 0 Å². The molecule has 0 saturated heterocycles. The molecule has 0 radical (unpaired) electrons. The predicted octanol–water partition coefficient (Wildman–Crippen LogP) is 6.00. The lowest BCUT2D eigenvalue weighted by atomic mass is 9.98. The van der Waals surface area contributed by atoms with Crippen LogP contribution in [0.25, 0.3) is 0 Å². The number of hydrogen-bond acceptors (Lipinski definition) is 0. The van der Waals surface area contributed by atoms with Gasteiger partial charge < -0.3 is 0 Å². The van der Waals surface area contributed by atoms with E-state index in [0.717, 1.165) is 12.8 Å². The predicted molar refractivity (Wildman–Crippen MR) is 92.9 cm³/mol. The van der Waals surface area contributed by atoms with Crippen LogP contribution in [-0.4, -0.2) is 0 Å². The normalized spacial score (nSPS) is 17.8. The summed E-state index contributed by atoms with van der Waals surface area (Å²) in [6, 6.07) is 0. The van der Waals surface area contributed by atoms with E-state index < -0.39 is 0 Å². The van der Waals surface area contributed by atoms with Crippen LogP contribution in [0.15, 0.2) is 45.1 Å². The van der Waals surface area contributed by atoms with Gasteiger partial charge in [0.15, 0.2) is 0 Å². The van der Waals surface area contributed by atoms with Gasteiger partial charge in [0, 0.05) is 0 Å². The molecule has 2 atom stereocenters. The Morgan fingerprint density at radius 3 is 1.17 bits per heavy atom. The minimum Gasteiger partial charge on any atom is -0.109 e. The van der Waals surface area contributed by atoms with Crippen LogP contribution in [0.5, 0.6) is 0 Å². The molecule has 0 aromatic heterocycles. The van der Waals surface area contributed by atoms with E-state index in [1.807, 2.05) is 27.7 Å². The van der Waals surface area contributed by atoms with Crippen molar-refractivity contribution in [2.45, 2.75) is 54.4 Å². The molecule has 0 saturated carbocycles. The molecule has 0 aromatic rings. The second kappa shape index (κ2) is 8.84. The molecule has 2 unspecified atom stereocenters. The SMILES string of the molecule is CC.CC.CC1=CCC(P)=C1C1=C(P)CC=C1C. The van der Waals surface area contributed by atoms with Gasteiger partial charge in [-0.3, -0.25) is 0 Å². The van der Waals surface area contributed by atoms with E-state index >= 15 is 0 Å². The molecular formula is C16H28P2. The molecule has 2 aliphatic rings. The van der Waals surface area contributed by atoms with Crippen LogP contribution >= 0.6 is 18.5 Å². The molecule has 2 rings (SSSR count). The maximum atomic E-state index is 2.88. The van der Waals surface area contributed by atoms with Gasteiger partial charge in [0.05, 0.1) is 0 Å². The molecule has 18 heavy (non-hydrogen) atoms. The molecule has 0 aliphatic heterocycles. The van der Waals surface area contributed by atoms with Crippen LogP contribution < -0.4 is 0 Å². The van der Waals surface area contributed by atoms with Crippen molar-refractivity contribution in [2.75, 3.05) is 0 Å². The first-order chi connectivity index (χ1) is 8.61. The molecule has 0 heterocycles. The summed E-state index contributed by atoms with van der Waals surface area (Å²) in [6.45, 7) is 12.4. The van der Waals surface area contributed by atoms with E-state index in [9.17, 15) is 0 Å². The van der Waals surface area contributed by atoms with Gasteiger partial charge >= 0.3 is 0 Å². The third-order valence-electron chi connectivity index (χ3n) is 2.94. The highest BCUT2D eigenvalue weighted by Crippen LogP contribution is 2.43. The van der Waals surface area contributed by atoms with Gasteiger partial charge in [0.2, 0.25) is 0 Å². The van der Waals surface area contributed by atoms with E-state index in [2.05, 4.69) is 44.5 Å². The van der Waals surface area contributed by atoms with Gasteiger partial charge in [-0.1, -0.05) is 39.8 Å². The summed E-state index contributed by atoms with van der Waals surface area (Å²) in [5.41, 5.74) is 5.79. The Hall–Kier alpha value is -0.180. The Morgan fingerprint density at radius 1 is 0.722 bits per heavy atom. The van der Waals surface area contributed by atoms with Gasteiger partial charge in [0.1, 0.15) is 0 Å². The summed E-state index contributed by atoms with van der Waals surface area (Å²) in [6.07, 6.45) is 6.82. The van der Waals surface area contributed by atoms with Crippen molar-refractivity contribution in [3.05, 3.63) is 45.1 Å². The Morgan fingerprint density at radius 2 is 1.00 bits per heavy atom. The molecule has 0 bridgehead atoms. The highest BCUT2D eigenvalue weighted by Gasteiger charge is 2.21. The summed E-state index contributed by atoms with van der Waals surface area (Å²) in [5, 5.41) is 2.87. The Balaban J connectivity index is 0.000000659. The van der Waals surface area contributed by atoms with E-state index in [0.29, 0.717) is 0 Å². The molecule has 0 fully saturated rings. The highest BCUT2D eigenvalue weighted by molar-refractivity contribution is 7.23. The Bertz CT molecular complexity index is 367. The van der Waals surface area contributed by atoms with Crippen molar-refractivity contribution >= 4 is 18.5 Å². The number of allylic oxidation sites excluding steroid dienone is 8. The first-order valence-corrected chi connectivity index (χ1v) is 8.08. The highest BCUT2D eigenvalue weighted by atomic mass is 31.0. The van der Waals surface area contributed by atoms with Gasteiger partial charge in [-0.2, -0.15) is 0 Å². The summed E-state index contributed by atoms with van der Waals surface area (Å²) >= 11 is 0. The fourth-order valence-corrected chi connectivity index (χ4v) is 3.14. The van der Waals surface area contributed by atoms with Gasteiger partial charge in [-0.05, 0) is 59.6 Å². The van der Waals surface area contributed by atoms with Crippen molar-refractivity contribution < 1.29 is 0 Å². The summed E-state index contributed by atoms with van der Waals surface area (Å²) in [7, 11) is 5.76. The lowest BCUT2D eigenvalue weighted by Crippen LogP contribution is -1.91. The zero-order chi connectivity index (χ0) is 14.3. The second-order valence-electron chi connectivity index (χ2n) is 3.98.